The molecule has 18 heavy (non-hydrogen) atoms. The van der Waals surface area contributed by atoms with Crippen LogP contribution < -0.4 is 4.90 Å². The first kappa shape index (κ1) is 14.6. The van der Waals surface area contributed by atoms with Crippen LogP contribution in [-0.4, -0.2) is 23.8 Å². The Balaban J connectivity index is 3.20. The van der Waals surface area contributed by atoms with E-state index < -0.39 is 4.92 Å². The first-order chi connectivity index (χ1) is 8.42. The molecule has 0 atom stereocenters. The fourth-order valence-electron chi connectivity index (χ4n) is 1.93. The Labute approximate surface area is 111 Å². The largest absolute Gasteiger partial charge is 0.358 e. The van der Waals surface area contributed by atoms with Gasteiger partial charge in [0.1, 0.15) is 0 Å². The summed E-state index contributed by atoms with van der Waals surface area (Å²) < 4.78 is 0. The SMILES string of the molecule is CCC(CC)N(C)c1sc(C(C)=O)cc1[N+](=O)[O-]. The Morgan fingerprint density at radius 3 is 2.44 bits per heavy atom. The van der Waals surface area contributed by atoms with E-state index in [4.69, 9.17) is 0 Å². The smallest absolute Gasteiger partial charge is 0.304 e. The van der Waals surface area contributed by atoms with Gasteiger partial charge in [-0.3, -0.25) is 14.9 Å². The van der Waals surface area contributed by atoms with Gasteiger partial charge in [-0.25, -0.2) is 0 Å². The fraction of sp³-hybridized carbons (Fsp3) is 0.583. The highest BCUT2D eigenvalue weighted by atomic mass is 32.1. The summed E-state index contributed by atoms with van der Waals surface area (Å²) in [5.41, 5.74) is 0.0274. The summed E-state index contributed by atoms with van der Waals surface area (Å²) in [4.78, 5) is 24.3. The van der Waals surface area contributed by atoms with Crippen LogP contribution in [0.2, 0.25) is 0 Å². The lowest BCUT2D eigenvalue weighted by Gasteiger charge is -2.26. The van der Waals surface area contributed by atoms with Crippen molar-refractivity contribution in [2.24, 2.45) is 0 Å². The zero-order valence-electron chi connectivity index (χ0n) is 11.1. The summed E-state index contributed by atoms with van der Waals surface area (Å²) in [6, 6.07) is 1.63. The van der Waals surface area contributed by atoms with Gasteiger partial charge in [0.25, 0.3) is 0 Å². The molecular weight excluding hydrogens is 252 g/mol. The third kappa shape index (κ3) is 2.87. The van der Waals surface area contributed by atoms with E-state index in [2.05, 4.69) is 13.8 Å². The Morgan fingerprint density at radius 1 is 1.50 bits per heavy atom. The van der Waals surface area contributed by atoms with Crippen LogP contribution in [0.15, 0.2) is 6.07 Å². The molecule has 0 bridgehead atoms. The zero-order chi connectivity index (χ0) is 13.9. The van der Waals surface area contributed by atoms with Gasteiger partial charge < -0.3 is 4.90 Å². The summed E-state index contributed by atoms with van der Waals surface area (Å²) in [5, 5.41) is 11.6. The van der Waals surface area contributed by atoms with Crippen molar-refractivity contribution < 1.29 is 9.72 Å². The molecule has 0 radical (unpaired) electrons. The van der Waals surface area contributed by atoms with Crippen LogP contribution >= 0.6 is 11.3 Å². The summed E-state index contributed by atoms with van der Waals surface area (Å²) in [5.74, 6) is -0.132. The first-order valence-corrected chi connectivity index (χ1v) is 6.75. The maximum Gasteiger partial charge on any atom is 0.304 e. The van der Waals surface area contributed by atoms with E-state index in [-0.39, 0.29) is 17.5 Å². The van der Waals surface area contributed by atoms with Gasteiger partial charge in [0.15, 0.2) is 10.8 Å². The molecule has 0 fully saturated rings. The fourth-order valence-corrected chi connectivity index (χ4v) is 2.98. The molecule has 1 rings (SSSR count). The Kier molecular flexibility index (Phi) is 4.84. The summed E-state index contributed by atoms with van der Waals surface area (Å²) >= 11 is 1.20. The summed E-state index contributed by atoms with van der Waals surface area (Å²) in [6.45, 7) is 5.53. The normalized spacial score (nSPS) is 10.7. The van der Waals surface area contributed by atoms with E-state index in [0.717, 1.165) is 12.8 Å². The van der Waals surface area contributed by atoms with Crippen LogP contribution in [0.25, 0.3) is 0 Å². The number of carbonyl (C=O) groups excluding carboxylic acids is 1. The molecule has 0 aliphatic carbocycles. The van der Waals surface area contributed by atoms with Crippen molar-refractivity contribution in [1.82, 2.24) is 0 Å². The van der Waals surface area contributed by atoms with E-state index in [0.29, 0.717) is 9.88 Å². The number of nitrogens with zero attached hydrogens (tertiary/aromatic N) is 2. The predicted molar refractivity (Wildman–Crippen MR) is 73.8 cm³/mol. The molecule has 0 N–H and O–H groups in total. The predicted octanol–water partition coefficient (Wildman–Crippen LogP) is 3.48. The van der Waals surface area contributed by atoms with Gasteiger partial charge in [0.2, 0.25) is 0 Å². The van der Waals surface area contributed by atoms with E-state index in [1.165, 1.54) is 24.3 Å². The van der Waals surface area contributed by atoms with Gasteiger partial charge in [-0.1, -0.05) is 13.8 Å². The third-order valence-corrected chi connectivity index (χ3v) is 4.36. The molecule has 1 aromatic heterocycles. The lowest BCUT2D eigenvalue weighted by Crippen LogP contribution is -2.30. The van der Waals surface area contributed by atoms with Crippen LogP contribution in [0.4, 0.5) is 10.7 Å². The number of nitro groups is 1. The molecular formula is C12H18N2O3S. The highest BCUT2D eigenvalue weighted by Gasteiger charge is 2.26. The number of rotatable bonds is 6. The van der Waals surface area contributed by atoms with E-state index >= 15 is 0 Å². The molecule has 0 aliphatic heterocycles. The molecule has 0 spiro atoms. The molecule has 0 aliphatic rings. The molecule has 0 saturated carbocycles. The molecule has 100 valence electrons. The van der Waals surface area contributed by atoms with Gasteiger partial charge in [0.05, 0.1) is 9.80 Å². The van der Waals surface area contributed by atoms with Gasteiger partial charge in [-0.15, -0.1) is 11.3 Å². The first-order valence-electron chi connectivity index (χ1n) is 5.94. The Morgan fingerprint density at radius 2 is 2.06 bits per heavy atom. The van der Waals surface area contributed by atoms with Crippen LogP contribution in [-0.2, 0) is 0 Å². The number of Topliss-reactive ketones (excluding diaryl/α,β-unsaturated/α-hetero) is 1. The second-order valence-corrected chi connectivity index (χ2v) is 5.23. The minimum atomic E-state index is -0.419. The van der Waals surface area contributed by atoms with Crippen LogP contribution in [0, 0.1) is 10.1 Å². The average molecular weight is 270 g/mol. The maximum atomic E-state index is 11.3. The molecule has 0 amide bonds. The van der Waals surface area contributed by atoms with Crippen molar-refractivity contribution >= 4 is 27.8 Å². The second kappa shape index (κ2) is 5.95. The lowest BCUT2D eigenvalue weighted by atomic mass is 10.1. The number of thiophene rings is 1. The van der Waals surface area contributed by atoms with Gasteiger partial charge in [-0.05, 0) is 19.8 Å². The third-order valence-electron chi connectivity index (χ3n) is 3.05. The molecule has 0 saturated heterocycles. The average Bonchev–Trinajstić information content (AvgIpc) is 2.75. The summed E-state index contributed by atoms with van der Waals surface area (Å²) in [6.07, 6.45) is 1.83. The molecule has 1 heterocycles. The number of carbonyl (C=O) groups is 1. The van der Waals surface area contributed by atoms with Crippen molar-refractivity contribution in [1.29, 1.82) is 0 Å². The number of hydrogen-bond donors (Lipinski definition) is 0. The van der Waals surface area contributed by atoms with Gasteiger partial charge in [0, 0.05) is 19.2 Å². The molecule has 0 aromatic carbocycles. The van der Waals surface area contributed by atoms with Crippen molar-refractivity contribution in [3.8, 4) is 0 Å². The number of hydrogen-bond acceptors (Lipinski definition) is 5. The van der Waals surface area contributed by atoms with Gasteiger partial charge in [-0.2, -0.15) is 0 Å². The number of anilines is 1. The monoisotopic (exact) mass is 270 g/mol. The van der Waals surface area contributed by atoms with Crippen LogP contribution in [0.3, 0.4) is 0 Å². The van der Waals surface area contributed by atoms with E-state index in [1.807, 2.05) is 11.9 Å². The maximum absolute atomic E-state index is 11.3. The quantitative estimate of drug-likeness (QED) is 0.451. The summed E-state index contributed by atoms with van der Waals surface area (Å²) in [7, 11) is 1.85. The molecule has 5 nitrogen and oxygen atoms in total. The van der Waals surface area contributed by atoms with Crippen molar-refractivity contribution in [3.63, 3.8) is 0 Å². The Hall–Kier alpha value is -1.43. The van der Waals surface area contributed by atoms with Crippen molar-refractivity contribution in [3.05, 3.63) is 21.1 Å². The van der Waals surface area contributed by atoms with Crippen molar-refractivity contribution in [2.75, 3.05) is 11.9 Å². The van der Waals surface area contributed by atoms with E-state index in [1.54, 1.807) is 0 Å². The highest BCUT2D eigenvalue weighted by Crippen LogP contribution is 2.38. The zero-order valence-corrected chi connectivity index (χ0v) is 11.9. The minimum Gasteiger partial charge on any atom is -0.358 e. The minimum absolute atomic E-state index is 0.0274. The molecule has 6 heteroatoms. The highest BCUT2D eigenvalue weighted by molar-refractivity contribution is 7.18. The topological polar surface area (TPSA) is 63.5 Å². The Bertz CT molecular complexity index is 452. The van der Waals surface area contributed by atoms with E-state index in [9.17, 15) is 14.9 Å². The van der Waals surface area contributed by atoms with Gasteiger partial charge >= 0.3 is 5.69 Å². The standard InChI is InChI=1S/C12H18N2O3S/c1-5-9(6-2)13(4)12-10(14(16)17)7-11(18-12)8(3)15/h7,9H,5-6H2,1-4H3. The second-order valence-electron chi connectivity index (χ2n) is 4.20. The lowest BCUT2D eigenvalue weighted by molar-refractivity contribution is -0.383. The molecule has 0 unspecified atom stereocenters. The number of ketones is 1. The van der Waals surface area contributed by atoms with Crippen LogP contribution in [0.5, 0.6) is 0 Å². The molecule has 1 aromatic rings. The van der Waals surface area contributed by atoms with Crippen LogP contribution in [0.1, 0.15) is 43.3 Å². The van der Waals surface area contributed by atoms with Crippen molar-refractivity contribution in [2.45, 2.75) is 39.7 Å².